The molecule has 1 amide bonds. The molecule has 0 saturated carbocycles. The fourth-order valence-electron chi connectivity index (χ4n) is 4.62. The number of rotatable bonds is 8. The van der Waals surface area contributed by atoms with E-state index in [1.54, 1.807) is 17.0 Å². The molecule has 196 valence electrons. The van der Waals surface area contributed by atoms with E-state index in [-0.39, 0.29) is 12.1 Å². The summed E-state index contributed by atoms with van der Waals surface area (Å²) in [6.07, 6.45) is 3.19. The molecule has 7 heteroatoms. The molecule has 1 fully saturated rings. The molecule has 2 aromatic carbocycles. The van der Waals surface area contributed by atoms with Crippen LogP contribution in [0.2, 0.25) is 0 Å². The van der Waals surface area contributed by atoms with E-state index in [4.69, 9.17) is 14.2 Å². The highest BCUT2D eigenvalue weighted by atomic mass is 16.6. The second-order valence-electron chi connectivity index (χ2n) is 10.4. The van der Waals surface area contributed by atoms with Gasteiger partial charge in [0, 0.05) is 31.9 Å². The van der Waals surface area contributed by atoms with Crippen molar-refractivity contribution >= 4 is 17.7 Å². The Balaban J connectivity index is 2.09. The molecule has 36 heavy (non-hydrogen) atoms. The molecule has 0 radical (unpaired) electrons. The molecule has 1 atom stereocenters. The molecule has 2 aromatic rings. The topological polar surface area (TPSA) is 68.3 Å². The van der Waals surface area contributed by atoms with Crippen LogP contribution in [0.3, 0.4) is 0 Å². The van der Waals surface area contributed by atoms with Gasteiger partial charge in [0.25, 0.3) is 0 Å². The van der Waals surface area contributed by atoms with Gasteiger partial charge in [-0.15, -0.1) is 0 Å². The van der Waals surface area contributed by atoms with Crippen LogP contribution in [0.1, 0.15) is 80.9 Å². The smallest absolute Gasteiger partial charge is 0.410 e. The van der Waals surface area contributed by atoms with Crippen molar-refractivity contribution in [1.29, 1.82) is 0 Å². The molecule has 0 N–H and O–H groups in total. The van der Waals surface area contributed by atoms with Gasteiger partial charge >= 0.3 is 12.1 Å². The zero-order valence-electron chi connectivity index (χ0n) is 22.7. The van der Waals surface area contributed by atoms with Crippen molar-refractivity contribution in [2.45, 2.75) is 71.9 Å². The van der Waals surface area contributed by atoms with Crippen molar-refractivity contribution in [3.05, 3.63) is 53.1 Å². The third-order valence-electron chi connectivity index (χ3n) is 6.14. The number of likely N-dealkylation sites (tertiary alicyclic amines) is 1. The number of carbonyl (C=O) groups excluding carboxylic acids is 2. The minimum Gasteiger partial charge on any atom is -0.493 e. The van der Waals surface area contributed by atoms with Gasteiger partial charge < -0.3 is 24.0 Å². The fourth-order valence-corrected chi connectivity index (χ4v) is 4.62. The third-order valence-corrected chi connectivity index (χ3v) is 6.14. The highest BCUT2D eigenvalue weighted by Crippen LogP contribution is 2.43. The van der Waals surface area contributed by atoms with E-state index in [0.29, 0.717) is 30.2 Å². The lowest BCUT2D eigenvalue weighted by Gasteiger charge is -2.32. The van der Waals surface area contributed by atoms with Gasteiger partial charge in [-0.2, -0.15) is 0 Å². The maximum Gasteiger partial charge on any atom is 0.410 e. The number of benzene rings is 2. The molecule has 3 rings (SSSR count). The highest BCUT2D eigenvalue weighted by Gasteiger charge is 2.37. The van der Waals surface area contributed by atoms with Crippen LogP contribution in [0, 0.1) is 6.92 Å². The van der Waals surface area contributed by atoms with Crippen LogP contribution in [-0.2, 0) is 4.74 Å². The summed E-state index contributed by atoms with van der Waals surface area (Å²) in [7, 11) is 3.89. The lowest BCUT2D eigenvalue weighted by atomic mass is 9.94. The Bertz CT molecular complexity index is 1060. The number of para-hydroxylation sites is 1. The summed E-state index contributed by atoms with van der Waals surface area (Å²) in [6.45, 7) is 10.7. The standard InChI is InChI=1S/C29H40N2O5/c1-8-9-18-34-24-19-22(23-16-13-17-31(23)28(33)36-29(3,4)5)26(30(6)7)20(2)25(24)27(32)35-21-14-11-10-12-15-21/h10-12,14-15,19,23H,8-9,13,16-18H2,1-7H3. The molecule has 0 bridgehead atoms. The summed E-state index contributed by atoms with van der Waals surface area (Å²) in [6, 6.07) is 10.8. The Morgan fingerprint density at radius 2 is 1.83 bits per heavy atom. The van der Waals surface area contributed by atoms with E-state index >= 15 is 0 Å². The van der Waals surface area contributed by atoms with Gasteiger partial charge in [0.05, 0.1) is 12.6 Å². The van der Waals surface area contributed by atoms with Crippen LogP contribution in [-0.4, -0.2) is 49.8 Å². The van der Waals surface area contributed by atoms with Gasteiger partial charge in [0.2, 0.25) is 0 Å². The van der Waals surface area contributed by atoms with Gasteiger partial charge in [-0.05, 0) is 70.7 Å². The number of esters is 1. The van der Waals surface area contributed by atoms with Crippen molar-refractivity contribution in [3.63, 3.8) is 0 Å². The molecule has 1 saturated heterocycles. The Morgan fingerprint density at radius 1 is 1.14 bits per heavy atom. The highest BCUT2D eigenvalue weighted by molar-refractivity contribution is 5.98. The summed E-state index contributed by atoms with van der Waals surface area (Å²) in [5, 5.41) is 0. The quantitative estimate of drug-likeness (QED) is 0.235. The molecular weight excluding hydrogens is 456 g/mol. The lowest BCUT2D eigenvalue weighted by Crippen LogP contribution is -2.37. The van der Waals surface area contributed by atoms with Crippen LogP contribution in [0.15, 0.2) is 36.4 Å². The molecule has 1 unspecified atom stereocenters. The van der Waals surface area contributed by atoms with Crippen LogP contribution in [0.25, 0.3) is 0 Å². The Labute approximate surface area is 215 Å². The van der Waals surface area contributed by atoms with E-state index in [1.165, 1.54) is 0 Å². The minimum atomic E-state index is -0.579. The number of amides is 1. The number of anilines is 1. The molecule has 0 aliphatic carbocycles. The maximum absolute atomic E-state index is 13.4. The Hall–Kier alpha value is -3.22. The first-order valence-electron chi connectivity index (χ1n) is 12.8. The van der Waals surface area contributed by atoms with Crippen molar-refractivity contribution in [2.24, 2.45) is 0 Å². The summed E-state index contributed by atoms with van der Waals surface area (Å²) < 4.78 is 17.6. The number of unbranched alkanes of at least 4 members (excludes halogenated alkanes) is 1. The molecule has 1 heterocycles. The largest absolute Gasteiger partial charge is 0.493 e. The number of carbonyl (C=O) groups is 2. The van der Waals surface area contributed by atoms with Gasteiger partial charge in [-0.3, -0.25) is 0 Å². The Kier molecular flexibility index (Phi) is 8.88. The SMILES string of the molecule is CCCCOc1cc(C2CCCN2C(=O)OC(C)(C)C)c(N(C)C)c(C)c1C(=O)Oc1ccccc1. The number of hydrogen-bond donors (Lipinski definition) is 0. The van der Waals surface area contributed by atoms with E-state index in [0.717, 1.165) is 42.5 Å². The first kappa shape index (κ1) is 27.4. The van der Waals surface area contributed by atoms with E-state index < -0.39 is 11.6 Å². The first-order chi connectivity index (χ1) is 17.0. The number of ether oxygens (including phenoxy) is 3. The van der Waals surface area contributed by atoms with Gasteiger partial charge in [-0.25, -0.2) is 9.59 Å². The zero-order valence-corrected chi connectivity index (χ0v) is 22.7. The molecule has 0 aromatic heterocycles. The number of hydrogen-bond acceptors (Lipinski definition) is 6. The second kappa shape index (κ2) is 11.7. The summed E-state index contributed by atoms with van der Waals surface area (Å²) in [4.78, 5) is 30.3. The fraction of sp³-hybridized carbons (Fsp3) is 0.517. The molecular formula is C29H40N2O5. The maximum atomic E-state index is 13.4. The van der Waals surface area contributed by atoms with Gasteiger partial charge in [-0.1, -0.05) is 31.5 Å². The molecule has 7 nitrogen and oxygen atoms in total. The predicted octanol–water partition coefficient (Wildman–Crippen LogP) is 6.53. The molecule has 1 aliphatic rings. The average molecular weight is 497 g/mol. The molecule has 1 aliphatic heterocycles. The first-order valence-corrected chi connectivity index (χ1v) is 12.8. The summed E-state index contributed by atoms with van der Waals surface area (Å²) in [5.74, 6) is 0.498. The second-order valence-corrected chi connectivity index (χ2v) is 10.4. The number of nitrogens with zero attached hydrogens (tertiary/aromatic N) is 2. The Morgan fingerprint density at radius 3 is 2.44 bits per heavy atom. The monoisotopic (exact) mass is 496 g/mol. The van der Waals surface area contributed by atoms with Gasteiger partial charge in [0.15, 0.2) is 0 Å². The van der Waals surface area contributed by atoms with Crippen molar-refractivity contribution in [1.82, 2.24) is 4.90 Å². The van der Waals surface area contributed by atoms with Crippen LogP contribution in [0.5, 0.6) is 11.5 Å². The predicted molar refractivity (Wildman–Crippen MR) is 142 cm³/mol. The van der Waals surface area contributed by atoms with Crippen LogP contribution in [0.4, 0.5) is 10.5 Å². The average Bonchev–Trinajstić information content (AvgIpc) is 3.28. The molecule has 0 spiro atoms. The third kappa shape index (κ3) is 6.50. The minimum absolute atomic E-state index is 0.177. The summed E-state index contributed by atoms with van der Waals surface area (Å²) >= 11 is 0. The van der Waals surface area contributed by atoms with Gasteiger partial charge in [0.1, 0.15) is 22.7 Å². The lowest BCUT2D eigenvalue weighted by molar-refractivity contribution is 0.0224. The normalized spacial score (nSPS) is 15.5. The van der Waals surface area contributed by atoms with Crippen LogP contribution >= 0.6 is 0 Å². The van der Waals surface area contributed by atoms with Crippen molar-refractivity contribution in [3.8, 4) is 11.5 Å². The zero-order chi connectivity index (χ0) is 26.5. The summed E-state index contributed by atoms with van der Waals surface area (Å²) in [5.41, 5.74) is 2.43. The van der Waals surface area contributed by atoms with E-state index in [9.17, 15) is 9.59 Å². The van der Waals surface area contributed by atoms with Crippen LogP contribution < -0.4 is 14.4 Å². The van der Waals surface area contributed by atoms with E-state index in [2.05, 4.69) is 6.92 Å². The van der Waals surface area contributed by atoms with Crippen molar-refractivity contribution < 1.29 is 23.8 Å². The van der Waals surface area contributed by atoms with E-state index in [1.807, 2.05) is 71.0 Å². The van der Waals surface area contributed by atoms with Crippen molar-refractivity contribution in [2.75, 3.05) is 32.1 Å².